The van der Waals surface area contributed by atoms with E-state index in [0.717, 1.165) is 6.42 Å². The second-order valence-corrected chi connectivity index (χ2v) is 4.52. The molecule has 1 fully saturated rings. The molecule has 5 heteroatoms. The highest BCUT2D eigenvalue weighted by molar-refractivity contribution is 5.85. The Kier molecular flexibility index (Phi) is 4.73. The lowest BCUT2D eigenvalue weighted by atomic mass is 9.95. The number of hydrogen-bond donors (Lipinski definition) is 3. The molecule has 3 unspecified atom stereocenters. The van der Waals surface area contributed by atoms with Crippen molar-refractivity contribution in [3.63, 3.8) is 0 Å². The fraction of sp³-hybridized carbons (Fsp3) is 0.818. The Balaban J connectivity index is 2.44. The summed E-state index contributed by atoms with van der Waals surface area (Å²) in [5, 5.41) is 20.4. The SMILES string of the molecule is CC(CO)CNC(=O)C1CCCC1C(=O)O. The van der Waals surface area contributed by atoms with E-state index in [1.807, 2.05) is 6.92 Å². The van der Waals surface area contributed by atoms with Crippen molar-refractivity contribution in [2.75, 3.05) is 13.2 Å². The van der Waals surface area contributed by atoms with Crippen molar-refractivity contribution in [3.05, 3.63) is 0 Å². The van der Waals surface area contributed by atoms with Crippen molar-refractivity contribution < 1.29 is 19.8 Å². The van der Waals surface area contributed by atoms with E-state index >= 15 is 0 Å². The number of carboxylic acid groups (broad SMARTS) is 1. The molecule has 0 spiro atoms. The fourth-order valence-electron chi connectivity index (χ4n) is 2.04. The van der Waals surface area contributed by atoms with E-state index in [1.165, 1.54) is 0 Å². The summed E-state index contributed by atoms with van der Waals surface area (Å²) < 4.78 is 0. The highest BCUT2D eigenvalue weighted by atomic mass is 16.4. The highest BCUT2D eigenvalue weighted by Crippen LogP contribution is 2.31. The van der Waals surface area contributed by atoms with Gasteiger partial charge in [0, 0.05) is 13.2 Å². The third-order valence-electron chi connectivity index (χ3n) is 3.11. The Labute approximate surface area is 94.8 Å². The molecule has 1 aliphatic carbocycles. The van der Waals surface area contributed by atoms with E-state index < -0.39 is 17.8 Å². The minimum atomic E-state index is -0.882. The van der Waals surface area contributed by atoms with E-state index in [-0.39, 0.29) is 18.4 Å². The monoisotopic (exact) mass is 229 g/mol. The van der Waals surface area contributed by atoms with Crippen LogP contribution in [0.2, 0.25) is 0 Å². The summed E-state index contributed by atoms with van der Waals surface area (Å²) >= 11 is 0. The number of nitrogens with one attached hydrogen (secondary N) is 1. The normalized spacial score (nSPS) is 26.4. The van der Waals surface area contributed by atoms with E-state index in [1.54, 1.807) is 0 Å². The molecule has 1 amide bonds. The molecule has 92 valence electrons. The first-order valence-electron chi connectivity index (χ1n) is 5.67. The summed E-state index contributed by atoms with van der Waals surface area (Å²) in [5.41, 5.74) is 0. The highest BCUT2D eigenvalue weighted by Gasteiger charge is 2.37. The molecule has 0 aromatic rings. The van der Waals surface area contributed by atoms with Gasteiger partial charge in [0.15, 0.2) is 0 Å². The predicted octanol–water partition coefficient (Wildman–Crippen LogP) is 0.232. The third kappa shape index (κ3) is 3.20. The molecule has 0 bridgehead atoms. The van der Waals surface area contributed by atoms with Gasteiger partial charge in [0.1, 0.15) is 0 Å². The number of amides is 1. The topological polar surface area (TPSA) is 86.6 Å². The standard InChI is InChI=1S/C11H19NO4/c1-7(6-13)5-12-10(14)8-3-2-4-9(8)11(15)16/h7-9,13H,2-6H2,1H3,(H,12,14)(H,15,16). The van der Waals surface area contributed by atoms with E-state index in [0.29, 0.717) is 19.4 Å². The molecule has 0 aliphatic heterocycles. The third-order valence-corrected chi connectivity index (χ3v) is 3.11. The number of aliphatic carboxylic acids is 1. The molecule has 3 atom stereocenters. The first-order valence-corrected chi connectivity index (χ1v) is 5.67. The lowest BCUT2D eigenvalue weighted by Crippen LogP contribution is -2.37. The van der Waals surface area contributed by atoms with E-state index in [2.05, 4.69) is 5.32 Å². The van der Waals surface area contributed by atoms with Crippen LogP contribution in [0.4, 0.5) is 0 Å². The van der Waals surface area contributed by atoms with E-state index in [4.69, 9.17) is 10.2 Å². The van der Waals surface area contributed by atoms with Gasteiger partial charge in [-0.3, -0.25) is 9.59 Å². The van der Waals surface area contributed by atoms with Crippen LogP contribution >= 0.6 is 0 Å². The number of carboxylic acids is 1. The van der Waals surface area contributed by atoms with Crippen LogP contribution in [-0.4, -0.2) is 35.2 Å². The average Bonchev–Trinajstić information content (AvgIpc) is 2.74. The van der Waals surface area contributed by atoms with Gasteiger partial charge in [0.2, 0.25) is 5.91 Å². The van der Waals surface area contributed by atoms with Crippen LogP contribution in [-0.2, 0) is 9.59 Å². The number of aliphatic hydroxyl groups excluding tert-OH is 1. The van der Waals surface area contributed by atoms with Gasteiger partial charge in [-0.15, -0.1) is 0 Å². The molecule has 1 aliphatic rings. The van der Waals surface area contributed by atoms with Crippen molar-refractivity contribution >= 4 is 11.9 Å². The molecule has 1 saturated carbocycles. The van der Waals surface area contributed by atoms with Gasteiger partial charge >= 0.3 is 5.97 Å². The number of aliphatic hydroxyl groups is 1. The van der Waals surface area contributed by atoms with Gasteiger partial charge in [-0.05, 0) is 18.8 Å². The lowest BCUT2D eigenvalue weighted by Gasteiger charge is -2.17. The Morgan fingerprint density at radius 2 is 2.00 bits per heavy atom. The maximum atomic E-state index is 11.7. The lowest BCUT2D eigenvalue weighted by molar-refractivity contribution is -0.146. The van der Waals surface area contributed by atoms with Crippen LogP contribution in [0.5, 0.6) is 0 Å². The number of carbonyl (C=O) groups excluding carboxylic acids is 1. The molecule has 0 aromatic heterocycles. The zero-order valence-corrected chi connectivity index (χ0v) is 9.48. The predicted molar refractivity (Wildman–Crippen MR) is 57.7 cm³/mol. The first kappa shape index (κ1) is 13.0. The van der Waals surface area contributed by atoms with Gasteiger partial charge in [-0.2, -0.15) is 0 Å². The molecule has 1 rings (SSSR count). The molecule has 0 heterocycles. The Morgan fingerprint density at radius 1 is 1.38 bits per heavy atom. The zero-order chi connectivity index (χ0) is 12.1. The van der Waals surface area contributed by atoms with Crippen molar-refractivity contribution in [1.29, 1.82) is 0 Å². The fourth-order valence-corrected chi connectivity index (χ4v) is 2.04. The van der Waals surface area contributed by atoms with Gasteiger partial charge in [0.05, 0.1) is 11.8 Å². The Bertz CT molecular complexity index is 267. The Hall–Kier alpha value is -1.10. The summed E-state index contributed by atoms with van der Waals surface area (Å²) in [6.45, 7) is 2.25. The van der Waals surface area contributed by atoms with Crippen LogP contribution in [0.3, 0.4) is 0 Å². The van der Waals surface area contributed by atoms with Crippen molar-refractivity contribution in [2.45, 2.75) is 26.2 Å². The van der Waals surface area contributed by atoms with Gasteiger partial charge in [-0.1, -0.05) is 13.3 Å². The number of carbonyl (C=O) groups is 2. The molecule has 3 N–H and O–H groups in total. The van der Waals surface area contributed by atoms with Crippen LogP contribution < -0.4 is 5.32 Å². The smallest absolute Gasteiger partial charge is 0.307 e. The molecular formula is C11H19NO4. The maximum Gasteiger partial charge on any atom is 0.307 e. The van der Waals surface area contributed by atoms with E-state index in [9.17, 15) is 9.59 Å². The second-order valence-electron chi connectivity index (χ2n) is 4.52. The van der Waals surface area contributed by atoms with Crippen LogP contribution in [0, 0.1) is 17.8 Å². The van der Waals surface area contributed by atoms with Crippen LogP contribution in [0.25, 0.3) is 0 Å². The number of rotatable bonds is 5. The van der Waals surface area contributed by atoms with Gasteiger partial charge < -0.3 is 15.5 Å². The molecule has 5 nitrogen and oxygen atoms in total. The number of hydrogen-bond acceptors (Lipinski definition) is 3. The molecule has 0 aromatic carbocycles. The summed E-state index contributed by atoms with van der Waals surface area (Å²) in [7, 11) is 0. The van der Waals surface area contributed by atoms with Gasteiger partial charge in [-0.25, -0.2) is 0 Å². The molecule has 16 heavy (non-hydrogen) atoms. The maximum absolute atomic E-state index is 11.7. The summed E-state index contributed by atoms with van der Waals surface area (Å²) in [4.78, 5) is 22.6. The van der Waals surface area contributed by atoms with Crippen molar-refractivity contribution in [3.8, 4) is 0 Å². The van der Waals surface area contributed by atoms with Crippen molar-refractivity contribution in [2.24, 2.45) is 17.8 Å². The summed E-state index contributed by atoms with van der Waals surface area (Å²) in [6.07, 6.45) is 2.03. The van der Waals surface area contributed by atoms with Crippen LogP contribution in [0.15, 0.2) is 0 Å². The Morgan fingerprint density at radius 3 is 2.56 bits per heavy atom. The van der Waals surface area contributed by atoms with Gasteiger partial charge in [0.25, 0.3) is 0 Å². The second kappa shape index (κ2) is 5.84. The first-order chi connectivity index (χ1) is 7.56. The minimum absolute atomic E-state index is 0.00799. The summed E-state index contributed by atoms with van der Waals surface area (Å²) in [6, 6.07) is 0. The van der Waals surface area contributed by atoms with Crippen LogP contribution in [0.1, 0.15) is 26.2 Å². The van der Waals surface area contributed by atoms with Crippen molar-refractivity contribution in [1.82, 2.24) is 5.32 Å². The largest absolute Gasteiger partial charge is 0.481 e. The average molecular weight is 229 g/mol. The molecular weight excluding hydrogens is 210 g/mol. The quantitative estimate of drug-likeness (QED) is 0.630. The molecule has 0 radical (unpaired) electrons. The minimum Gasteiger partial charge on any atom is -0.481 e. The molecule has 0 saturated heterocycles. The zero-order valence-electron chi connectivity index (χ0n) is 9.48. The summed E-state index contributed by atoms with van der Waals surface area (Å²) in [5.74, 6) is -2.00.